The van der Waals surface area contributed by atoms with Crippen molar-refractivity contribution in [3.05, 3.63) is 32.2 Å². The minimum atomic E-state index is -0.0755. The molecule has 0 amide bonds. The number of carbonyl (C=O) groups is 2. The Morgan fingerprint density at radius 2 is 0.707 bits per heavy atom. The van der Waals surface area contributed by atoms with Gasteiger partial charge in [-0.1, -0.05) is 191 Å². The van der Waals surface area contributed by atoms with Crippen molar-refractivity contribution in [3.63, 3.8) is 0 Å². The molecule has 0 aromatic carbocycles. The molecule has 334 valence electrons. The third kappa shape index (κ3) is 27.1. The minimum Gasteiger partial charge on any atom is -0.465 e. The topological polar surface area (TPSA) is 60.4 Å². The number of carbonyl (C=O) groups excluding carboxylic acids is 2. The van der Waals surface area contributed by atoms with Crippen molar-refractivity contribution in [2.24, 2.45) is 0 Å². The second-order valence-electron chi connectivity index (χ2n) is 17.2. The van der Waals surface area contributed by atoms with Crippen LogP contribution in [0.3, 0.4) is 0 Å². The summed E-state index contributed by atoms with van der Waals surface area (Å²) in [5.41, 5.74) is 7.16. The Balaban J connectivity index is 1.38. The number of aromatic nitrogens is 2. The van der Waals surface area contributed by atoms with E-state index in [0.717, 1.165) is 64.5 Å². The molecule has 0 spiro atoms. The summed E-state index contributed by atoms with van der Waals surface area (Å²) in [5, 5.41) is 0. The minimum absolute atomic E-state index is 0.0755. The van der Waals surface area contributed by atoms with Crippen LogP contribution >= 0.6 is 22.7 Å². The van der Waals surface area contributed by atoms with Gasteiger partial charge in [-0.2, -0.15) is 9.13 Å². The van der Waals surface area contributed by atoms with E-state index in [2.05, 4.69) is 47.9 Å². The highest BCUT2D eigenvalue weighted by Gasteiger charge is 2.17. The Kier molecular flexibility index (Phi) is 33.4. The van der Waals surface area contributed by atoms with Gasteiger partial charge in [0.2, 0.25) is 11.0 Å². The van der Waals surface area contributed by atoms with Crippen molar-refractivity contribution in [1.82, 2.24) is 0 Å². The van der Waals surface area contributed by atoms with Crippen LogP contribution in [-0.4, -0.2) is 25.2 Å². The summed E-state index contributed by atoms with van der Waals surface area (Å²) in [5.74, 6) is -0.151. The van der Waals surface area contributed by atoms with Crippen LogP contribution in [0.1, 0.15) is 240 Å². The van der Waals surface area contributed by atoms with Crippen molar-refractivity contribution in [2.75, 3.05) is 13.2 Å². The van der Waals surface area contributed by atoms with Crippen LogP contribution < -0.4 is 9.13 Å². The molecule has 0 saturated carbocycles. The van der Waals surface area contributed by atoms with Gasteiger partial charge in [-0.15, -0.1) is 0 Å². The quantitative estimate of drug-likeness (QED) is 0.0380. The molecule has 2 rings (SSSR count). The fourth-order valence-corrected chi connectivity index (χ4v) is 9.99. The molecule has 0 aliphatic carbocycles. The first kappa shape index (κ1) is 52.3. The second-order valence-corrected chi connectivity index (χ2v) is 19.1. The number of unbranched alkanes of at least 4 members (excludes halogenated alkanes) is 27. The van der Waals surface area contributed by atoms with Gasteiger partial charge in [0.1, 0.15) is 13.1 Å². The van der Waals surface area contributed by atoms with Crippen LogP contribution in [0.4, 0.5) is 0 Å². The molecule has 0 saturated heterocycles. The molecule has 0 unspecified atom stereocenters. The Morgan fingerprint density at radius 1 is 0.431 bits per heavy atom. The second kappa shape index (κ2) is 37.0. The SMILES string of the molecule is CCCCCCCCCCCCCC[n+]1csc(CCOC(=O)CCCCCCCCC(=O)OCCc2sc[n+](CCCCCCCCCCCCCC)c2C)c1C. The van der Waals surface area contributed by atoms with Gasteiger partial charge in [0.05, 0.1) is 23.0 Å². The van der Waals surface area contributed by atoms with E-state index in [-0.39, 0.29) is 11.9 Å². The number of hydrogen-bond acceptors (Lipinski definition) is 6. The molecule has 0 fully saturated rings. The third-order valence-corrected chi connectivity index (χ3v) is 14.3. The van der Waals surface area contributed by atoms with Gasteiger partial charge in [0.15, 0.2) is 11.4 Å². The molecule has 0 N–H and O–H groups in total. The van der Waals surface area contributed by atoms with Crippen molar-refractivity contribution >= 4 is 34.6 Å². The zero-order valence-electron chi connectivity index (χ0n) is 38.4. The largest absolute Gasteiger partial charge is 0.465 e. The molecule has 0 atom stereocenters. The fourth-order valence-electron chi connectivity index (χ4n) is 7.98. The van der Waals surface area contributed by atoms with E-state index in [1.807, 2.05) is 0 Å². The Labute approximate surface area is 365 Å². The van der Waals surface area contributed by atoms with Crippen molar-refractivity contribution < 1.29 is 28.2 Å². The molecule has 0 aliphatic rings. The monoisotopic (exact) mass is 847 g/mol. The van der Waals surface area contributed by atoms with Gasteiger partial charge >= 0.3 is 11.9 Å². The molecule has 2 aromatic rings. The van der Waals surface area contributed by atoms with Gasteiger partial charge in [-0.3, -0.25) is 9.59 Å². The lowest BCUT2D eigenvalue weighted by Crippen LogP contribution is -2.34. The third-order valence-electron chi connectivity index (χ3n) is 12.0. The maximum atomic E-state index is 12.3. The number of ether oxygens (including phenoxy) is 2. The van der Waals surface area contributed by atoms with Crippen LogP contribution in [0.25, 0.3) is 0 Å². The number of thiazole rings is 2. The van der Waals surface area contributed by atoms with E-state index in [1.165, 1.54) is 175 Å². The average molecular weight is 847 g/mol. The molecular formula is C50H90N2O4S2+2. The molecule has 0 bridgehead atoms. The number of nitrogens with zero attached hydrogens (tertiary/aromatic N) is 2. The van der Waals surface area contributed by atoms with Gasteiger partial charge in [-0.05, 0) is 25.7 Å². The zero-order chi connectivity index (χ0) is 41.7. The molecule has 0 aliphatic heterocycles. The van der Waals surface area contributed by atoms with E-state index in [0.29, 0.717) is 26.1 Å². The van der Waals surface area contributed by atoms with Gasteiger partial charge in [-0.25, -0.2) is 0 Å². The lowest BCUT2D eigenvalue weighted by molar-refractivity contribution is -0.698. The summed E-state index contributed by atoms with van der Waals surface area (Å²) in [6.45, 7) is 12.1. The number of rotatable bonds is 41. The van der Waals surface area contributed by atoms with E-state index in [9.17, 15) is 9.59 Å². The lowest BCUT2D eigenvalue weighted by atomic mass is 10.1. The average Bonchev–Trinajstić information content (AvgIpc) is 3.75. The first-order valence-corrected chi connectivity index (χ1v) is 26.5. The first-order valence-electron chi connectivity index (χ1n) is 24.7. The normalized spacial score (nSPS) is 11.4. The standard InChI is InChI=1S/C50H90N2O4S2/c1-5-7-9-11-13-15-17-19-21-25-29-33-39-51-43-57-47(45(51)3)37-41-55-49(53)35-31-27-23-24-28-32-36-50(54)56-42-38-48-46(4)52(44-58-48)40-34-30-26-22-20-18-16-14-12-10-8-6-2/h43-44H,5-42H2,1-4H3/q+2. The summed E-state index contributed by atoms with van der Waals surface area (Å²) in [4.78, 5) is 27.3. The van der Waals surface area contributed by atoms with Crippen molar-refractivity contribution in [3.8, 4) is 0 Å². The first-order chi connectivity index (χ1) is 28.5. The van der Waals surface area contributed by atoms with Crippen LogP contribution in [0.15, 0.2) is 11.0 Å². The smallest absolute Gasteiger partial charge is 0.305 e. The predicted molar refractivity (Wildman–Crippen MR) is 247 cm³/mol. The summed E-state index contributed by atoms with van der Waals surface area (Å²) >= 11 is 3.59. The number of aryl methyl sites for hydroxylation is 2. The van der Waals surface area contributed by atoms with Gasteiger partial charge in [0.25, 0.3) is 0 Å². The van der Waals surface area contributed by atoms with Crippen molar-refractivity contribution in [1.29, 1.82) is 0 Å². The molecule has 58 heavy (non-hydrogen) atoms. The van der Waals surface area contributed by atoms with E-state index in [4.69, 9.17) is 9.47 Å². The Morgan fingerprint density at radius 3 is 1.02 bits per heavy atom. The van der Waals surface area contributed by atoms with Gasteiger partial charge in [0, 0.05) is 52.4 Å². The molecule has 0 radical (unpaired) electrons. The molecule has 2 heterocycles. The van der Waals surface area contributed by atoms with Gasteiger partial charge < -0.3 is 9.47 Å². The van der Waals surface area contributed by atoms with Crippen LogP contribution in [0.2, 0.25) is 0 Å². The van der Waals surface area contributed by atoms with Crippen LogP contribution in [-0.2, 0) is 45.0 Å². The predicted octanol–water partition coefficient (Wildman–Crippen LogP) is 14.4. The summed E-state index contributed by atoms with van der Waals surface area (Å²) in [6.07, 6.45) is 41.7. The van der Waals surface area contributed by atoms with E-state index in [1.54, 1.807) is 22.7 Å². The van der Waals surface area contributed by atoms with Crippen LogP contribution in [0, 0.1) is 13.8 Å². The van der Waals surface area contributed by atoms with Crippen molar-refractivity contribution in [2.45, 2.75) is 259 Å². The maximum absolute atomic E-state index is 12.3. The van der Waals surface area contributed by atoms with E-state index < -0.39 is 0 Å². The molecule has 2 aromatic heterocycles. The molecule has 8 heteroatoms. The highest BCUT2D eigenvalue weighted by atomic mass is 32.1. The molecule has 6 nitrogen and oxygen atoms in total. The number of esters is 2. The zero-order valence-corrected chi connectivity index (χ0v) is 40.0. The highest BCUT2D eigenvalue weighted by molar-refractivity contribution is 7.09. The summed E-state index contributed by atoms with van der Waals surface area (Å²) in [6, 6.07) is 0. The molecular weight excluding hydrogens is 757 g/mol. The summed E-state index contributed by atoms with van der Waals surface area (Å²) in [7, 11) is 0. The van der Waals surface area contributed by atoms with E-state index >= 15 is 0 Å². The van der Waals surface area contributed by atoms with Crippen LogP contribution in [0.5, 0.6) is 0 Å². The summed E-state index contributed by atoms with van der Waals surface area (Å²) < 4.78 is 15.9. The Bertz CT molecular complexity index is 1180. The fraction of sp³-hybridized carbons (Fsp3) is 0.840. The number of hydrogen-bond donors (Lipinski definition) is 0. The highest BCUT2D eigenvalue weighted by Crippen LogP contribution is 2.17. The lowest BCUT2D eigenvalue weighted by Gasteiger charge is -2.05. The maximum Gasteiger partial charge on any atom is 0.305 e. The Hall–Kier alpha value is -1.80.